The molecule has 2 aromatic carbocycles. The van der Waals surface area contributed by atoms with Crippen LogP contribution >= 0.6 is 11.3 Å². The number of aromatic nitrogens is 2. The summed E-state index contributed by atoms with van der Waals surface area (Å²) in [5, 5.41) is 4.46. The Bertz CT molecular complexity index is 1290. The lowest BCUT2D eigenvalue weighted by molar-refractivity contribution is 0.0600. The van der Waals surface area contributed by atoms with Gasteiger partial charge in [-0.25, -0.2) is 14.8 Å². The fourth-order valence-electron chi connectivity index (χ4n) is 3.46. The first kappa shape index (κ1) is 22.5. The van der Waals surface area contributed by atoms with Crippen LogP contribution in [0, 0.1) is 0 Å². The maximum Gasteiger partial charge on any atom is 0.337 e. The summed E-state index contributed by atoms with van der Waals surface area (Å²) < 4.78 is 15.5. The molecule has 1 N–H and O–H groups in total. The van der Waals surface area contributed by atoms with Crippen molar-refractivity contribution >= 4 is 33.3 Å². The maximum atomic E-state index is 11.8. The number of aryl methyl sites for hydroxylation is 1. The van der Waals surface area contributed by atoms with Crippen LogP contribution in [0.5, 0.6) is 11.5 Å². The number of hydrogen-bond donors (Lipinski definition) is 1. The van der Waals surface area contributed by atoms with Gasteiger partial charge in [0.2, 0.25) is 0 Å². The summed E-state index contributed by atoms with van der Waals surface area (Å²) in [6, 6.07) is 15.1. The van der Waals surface area contributed by atoms with E-state index in [2.05, 4.69) is 18.3 Å². The number of thiophene rings is 1. The summed E-state index contributed by atoms with van der Waals surface area (Å²) >= 11 is 1.66. The zero-order chi connectivity index (χ0) is 23.4. The lowest BCUT2D eigenvalue weighted by Gasteiger charge is -2.12. The number of esters is 1. The van der Waals surface area contributed by atoms with Crippen molar-refractivity contribution in [1.29, 1.82) is 0 Å². The zero-order valence-electron chi connectivity index (χ0n) is 19.0. The summed E-state index contributed by atoms with van der Waals surface area (Å²) in [4.78, 5) is 23.5. The second-order valence-corrected chi connectivity index (χ2v) is 8.41. The van der Waals surface area contributed by atoms with E-state index in [9.17, 15) is 4.79 Å². The molecule has 0 fully saturated rings. The van der Waals surface area contributed by atoms with Gasteiger partial charge in [0.05, 0.1) is 32.3 Å². The summed E-state index contributed by atoms with van der Waals surface area (Å²) in [6.07, 6.45) is 0.930. The number of benzene rings is 2. The van der Waals surface area contributed by atoms with E-state index in [0.29, 0.717) is 29.4 Å². The first-order valence-corrected chi connectivity index (χ1v) is 11.3. The van der Waals surface area contributed by atoms with Crippen LogP contribution < -0.4 is 14.8 Å². The number of nitrogens with zero attached hydrogens (tertiary/aromatic N) is 2. The molecule has 0 saturated heterocycles. The van der Waals surface area contributed by atoms with Crippen molar-refractivity contribution < 1.29 is 19.0 Å². The van der Waals surface area contributed by atoms with Gasteiger partial charge in [-0.15, -0.1) is 11.3 Å². The average Bonchev–Trinajstić information content (AvgIpc) is 3.30. The molecule has 4 rings (SSSR count). The number of methoxy groups -OCH3 is 3. The average molecular weight is 464 g/mol. The molecule has 0 aliphatic rings. The fraction of sp³-hybridized carbons (Fsp3) is 0.240. The van der Waals surface area contributed by atoms with E-state index in [0.717, 1.165) is 33.6 Å². The molecule has 0 aliphatic carbocycles. The predicted molar refractivity (Wildman–Crippen MR) is 130 cm³/mol. The Morgan fingerprint density at radius 2 is 1.73 bits per heavy atom. The quantitative estimate of drug-likeness (QED) is 0.353. The third-order valence-corrected chi connectivity index (χ3v) is 6.44. The molecular formula is C25H25N3O4S. The van der Waals surface area contributed by atoms with Crippen molar-refractivity contribution in [3.8, 4) is 22.9 Å². The Hall–Kier alpha value is -3.65. The van der Waals surface area contributed by atoms with Crippen LogP contribution in [0.25, 0.3) is 21.6 Å². The Kier molecular flexibility index (Phi) is 6.74. The third-order valence-electron chi connectivity index (χ3n) is 5.26. The van der Waals surface area contributed by atoms with Crippen LogP contribution in [-0.4, -0.2) is 37.3 Å². The third kappa shape index (κ3) is 4.75. The number of hydrogen-bond acceptors (Lipinski definition) is 8. The Labute approximate surface area is 196 Å². The molecule has 170 valence electrons. The lowest BCUT2D eigenvalue weighted by atomic mass is 10.1. The molecule has 0 bridgehead atoms. The largest absolute Gasteiger partial charge is 0.493 e. The van der Waals surface area contributed by atoms with Gasteiger partial charge in [-0.1, -0.05) is 25.1 Å². The summed E-state index contributed by atoms with van der Waals surface area (Å²) in [5.74, 6) is 2.35. The van der Waals surface area contributed by atoms with E-state index >= 15 is 0 Å². The topological polar surface area (TPSA) is 82.6 Å². The second kappa shape index (κ2) is 9.87. The smallest absolute Gasteiger partial charge is 0.337 e. The summed E-state index contributed by atoms with van der Waals surface area (Å²) in [7, 11) is 4.61. The van der Waals surface area contributed by atoms with Crippen molar-refractivity contribution in [2.24, 2.45) is 0 Å². The Balaban J connectivity index is 1.68. The SMILES string of the molecule is CCc1cc2c(NCc3ccc(OC)c(OC)c3)nc(-c3ccc(C(=O)OC)cc3)nc2s1. The normalized spacial score (nSPS) is 10.8. The second-order valence-electron chi connectivity index (χ2n) is 7.29. The predicted octanol–water partition coefficient (Wildman–Crippen LogP) is 5.34. The highest BCUT2D eigenvalue weighted by atomic mass is 32.1. The molecule has 0 amide bonds. The maximum absolute atomic E-state index is 11.8. The van der Waals surface area contributed by atoms with Crippen LogP contribution in [0.3, 0.4) is 0 Å². The van der Waals surface area contributed by atoms with Crippen LogP contribution in [0.2, 0.25) is 0 Å². The van der Waals surface area contributed by atoms with Crippen LogP contribution in [0.4, 0.5) is 5.82 Å². The van der Waals surface area contributed by atoms with Gasteiger partial charge >= 0.3 is 5.97 Å². The van der Waals surface area contributed by atoms with Gasteiger partial charge in [-0.3, -0.25) is 0 Å². The molecule has 0 unspecified atom stereocenters. The molecule has 2 aromatic heterocycles. The molecule has 0 atom stereocenters. The Morgan fingerprint density at radius 3 is 2.39 bits per heavy atom. The van der Waals surface area contributed by atoms with Gasteiger partial charge in [0.15, 0.2) is 17.3 Å². The minimum Gasteiger partial charge on any atom is -0.493 e. The molecule has 0 aliphatic heterocycles. The van der Waals surface area contributed by atoms with E-state index in [1.54, 1.807) is 37.7 Å². The molecular weight excluding hydrogens is 438 g/mol. The van der Waals surface area contributed by atoms with E-state index in [-0.39, 0.29) is 5.97 Å². The molecule has 2 heterocycles. The van der Waals surface area contributed by atoms with Gasteiger partial charge in [0.25, 0.3) is 0 Å². The van der Waals surface area contributed by atoms with Crippen molar-refractivity contribution in [2.45, 2.75) is 19.9 Å². The van der Waals surface area contributed by atoms with Crippen LogP contribution in [-0.2, 0) is 17.7 Å². The van der Waals surface area contributed by atoms with Crippen molar-refractivity contribution in [2.75, 3.05) is 26.6 Å². The number of nitrogens with one attached hydrogen (secondary N) is 1. The molecule has 33 heavy (non-hydrogen) atoms. The van der Waals surface area contributed by atoms with Crippen molar-refractivity contribution in [3.63, 3.8) is 0 Å². The summed E-state index contributed by atoms with van der Waals surface area (Å²) in [5.41, 5.74) is 2.35. The summed E-state index contributed by atoms with van der Waals surface area (Å²) in [6.45, 7) is 2.69. The number of fused-ring (bicyclic) bond motifs is 1. The molecule has 0 saturated carbocycles. The molecule has 0 spiro atoms. The zero-order valence-corrected chi connectivity index (χ0v) is 19.8. The lowest BCUT2D eigenvalue weighted by Crippen LogP contribution is -2.04. The molecule has 7 nitrogen and oxygen atoms in total. The van der Waals surface area contributed by atoms with Crippen molar-refractivity contribution in [3.05, 3.63) is 64.5 Å². The molecule has 0 radical (unpaired) electrons. The highest BCUT2D eigenvalue weighted by molar-refractivity contribution is 7.18. The van der Waals surface area contributed by atoms with E-state index in [4.69, 9.17) is 24.2 Å². The molecule has 4 aromatic rings. The van der Waals surface area contributed by atoms with Gasteiger partial charge in [0.1, 0.15) is 10.6 Å². The first-order valence-electron chi connectivity index (χ1n) is 10.5. The molecule has 8 heteroatoms. The van der Waals surface area contributed by atoms with E-state index in [1.807, 2.05) is 30.3 Å². The number of carbonyl (C=O) groups is 1. The van der Waals surface area contributed by atoms with E-state index < -0.39 is 0 Å². The van der Waals surface area contributed by atoms with Gasteiger partial charge in [-0.2, -0.15) is 0 Å². The highest BCUT2D eigenvalue weighted by Gasteiger charge is 2.14. The fourth-order valence-corrected chi connectivity index (χ4v) is 4.43. The number of anilines is 1. The van der Waals surface area contributed by atoms with Gasteiger partial charge < -0.3 is 19.5 Å². The van der Waals surface area contributed by atoms with Crippen LogP contribution in [0.15, 0.2) is 48.5 Å². The number of carbonyl (C=O) groups excluding carboxylic acids is 1. The monoisotopic (exact) mass is 463 g/mol. The van der Waals surface area contributed by atoms with Crippen LogP contribution in [0.1, 0.15) is 27.7 Å². The number of rotatable bonds is 8. The first-order chi connectivity index (χ1) is 16.1. The Morgan fingerprint density at radius 1 is 0.970 bits per heavy atom. The standard InChI is InChI=1S/C25H25N3O4S/c1-5-18-13-19-23(26-14-15-6-11-20(30-2)21(12-15)31-3)27-22(28-24(19)33-18)16-7-9-17(10-8-16)25(29)32-4/h6-13H,5,14H2,1-4H3,(H,26,27,28). The minimum atomic E-state index is -0.374. The van der Waals surface area contributed by atoms with E-state index in [1.165, 1.54) is 12.0 Å². The van der Waals surface area contributed by atoms with Crippen molar-refractivity contribution in [1.82, 2.24) is 9.97 Å². The number of ether oxygens (including phenoxy) is 3. The minimum absolute atomic E-state index is 0.374. The highest BCUT2D eigenvalue weighted by Crippen LogP contribution is 2.33. The van der Waals surface area contributed by atoms with Gasteiger partial charge in [0, 0.05) is 17.0 Å². The van der Waals surface area contributed by atoms with Gasteiger partial charge in [-0.05, 0) is 42.3 Å².